The van der Waals surface area contributed by atoms with E-state index in [0.29, 0.717) is 27.6 Å². The van der Waals surface area contributed by atoms with Crippen molar-refractivity contribution in [2.45, 2.75) is 33.1 Å². The number of hydrogen-bond acceptors (Lipinski definition) is 8. The summed E-state index contributed by atoms with van der Waals surface area (Å²) in [5.41, 5.74) is -0.142. The van der Waals surface area contributed by atoms with Gasteiger partial charge in [0.25, 0.3) is 11.5 Å². The van der Waals surface area contributed by atoms with Crippen LogP contribution in [0.5, 0.6) is 11.5 Å². The number of amides is 1. The van der Waals surface area contributed by atoms with Crippen LogP contribution in [0.1, 0.15) is 38.1 Å². The summed E-state index contributed by atoms with van der Waals surface area (Å²) in [4.78, 5) is 41.7. The summed E-state index contributed by atoms with van der Waals surface area (Å²) in [5.74, 6) is -1.20. The third kappa shape index (κ3) is 7.16. The van der Waals surface area contributed by atoms with Crippen molar-refractivity contribution in [2.24, 2.45) is 5.10 Å². The molecule has 0 aliphatic rings. The quantitative estimate of drug-likeness (QED) is 0.117. The molecular formula is C29H27BrFN5O6. The molecule has 0 aliphatic heterocycles. The fourth-order valence-corrected chi connectivity index (χ4v) is 4.41. The highest BCUT2D eigenvalue weighted by Crippen LogP contribution is 2.38. The number of ether oxygens (including phenoxy) is 2. The molecule has 1 heterocycles. The van der Waals surface area contributed by atoms with E-state index in [4.69, 9.17) is 9.47 Å². The van der Waals surface area contributed by atoms with Gasteiger partial charge in [0.1, 0.15) is 11.6 Å². The number of carbonyl (C=O) groups is 1. The molecule has 0 atom stereocenters. The summed E-state index contributed by atoms with van der Waals surface area (Å²) >= 11 is 3.37. The molecule has 4 rings (SSSR count). The molecule has 1 N–H and O–H groups in total. The molecule has 0 spiro atoms. The molecule has 0 unspecified atom stereocenters. The van der Waals surface area contributed by atoms with Crippen LogP contribution in [0.4, 0.5) is 15.8 Å². The third-order valence-electron chi connectivity index (χ3n) is 6.00. The lowest BCUT2D eigenvalue weighted by atomic mass is 10.2. The molecule has 0 fully saturated rings. The molecule has 13 heteroatoms. The van der Waals surface area contributed by atoms with Crippen molar-refractivity contribution >= 4 is 50.3 Å². The predicted molar refractivity (Wildman–Crippen MR) is 160 cm³/mol. The maximum Gasteiger partial charge on any atom is 0.315 e. The average molecular weight is 640 g/mol. The maximum atomic E-state index is 13.9. The Labute approximate surface area is 248 Å². The number of unbranched alkanes of at least 4 members (excludes halogenated alkanes) is 1. The van der Waals surface area contributed by atoms with E-state index in [1.165, 1.54) is 41.2 Å². The number of halogens is 2. The number of hydrogen-bond donors (Lipinski definition) is 1. The minimum Gasteiger partial charge on any atom is -0.490 e. The van der Waals surface area contributed by atoms with Crippen LogP contribution in [0, 0.1) is 15.9 Å². The first kappa shape index (κ1) is 30.3. The molecule has 0 radical (unpaired) electrons. The summed E-state index contributed by atoms with van der Waals surface area (Å²) in [6, 6.07) is 13.4. The van der Waals surface area contributed by atoms with Gasteiger partial charge in [0.2, 0.25) is 5.75 Å². The fraction of sp³-hybridized carbons (Fsp3) is 0.241. The zero-order valence-corrected chi connectivity index (χ0v) is 24.4. The van der Waals surface area contributed by atoms with Gasteiger partial charge in [-0.15, -0.1) is 0 Å². The van der Waals surface area contributed by atoms with Crippen molar-refractivity contribution < 1.29 is 23.6 Å². The first-order chi connectivity index (χ1) is 20.2. The number of anilines is 1. The van der Waals surface area contributed by atoms with Gasteiger partial charge in [0.15, 0.2) is 12.4 Å². The molecule has 1 aromatic heterocycles. The first-order valence-electron chi connectivity index (χ1n) is 13.1. The molecule has 11 nitrogen and oxygen atoms in total. The van der Waals surface area contributed by atoms with E-state index in [9.17, 15) is 24.1 Å². The van der Waals surface area contributed by atoms with Crippen LogP contribution >= 0.6 is 15.9 Å². The van der Waals surface area contributed by atoms with Crippen LogP contribution in [-0.4, -0.2) is 39.9 Å². The molecule has 1 amide bonds. The van der Waals surface area contributed by atoms with Gasteiger partial charge in [-0.25, -0.2) is 9.37 Å². The van der Waals surface area contributed by atoms with E-state index in [1.807, 2.05) is 6.92 Å². The lowest BCUT2D eigenvalue weighted by Gasteiger charge is -2.13. The van der Waals surface area contributed by atoms with Crippen LogP contribution in [0.2, 0.25) is 0 Å². The number of nitrogens with one attached hydrogen (secondary N) is 1. The van der Waals surface area contributed by atoms with Gasteiger partial charge in [0.05, 0.1) is 34.3 Å². The highest BCUT2D eigenvalue weighted by molar-refractivity contribution is 9.10. The average Bonchev–Trinajstić information content (AvgIpc) is 2.96. The van der Waals surface area contributed by atoms with Crippen LogP contribution in [0.3, 0.4) is 0 Å². The van der Waals surface area contributed by atoms with E-state index in [0.717, 1.165) is 12.8 Å². The smallest absolute Gasteiger partial charge is 0.315 e. The van der Waals surface area contributed by atoms with Gasteiger partial charge in [-0.1, -0.05) is 41.4 Å². The Kier molecular flexibility index (Phi) is 9.97. The number of nitro groups is 1. The Morgan fingerprint density at radius 2 is 1.98 bits per heavy atom. The van der Waals surface area contributed by atoms with Crippen LogP contribution in [0.15, 0.2) is 69.0 Å². The summed E-state index contributed by atoms with van der Waals surface area (Å²) in [7, 11) is 0. The Balaban J connectivity index is 1.68. The Morgan fingerprint density at radius 1 is 1.19 bits per heavy atom. The lowest BCUT2D eigenvalue weighted by molar-refractivity contribution is -0.385. The summed E-state index contributed by atoms with van der Waals surface area (Å²) in [6.07, 6.45) is 3.45. The number of carbonyl (C=O) groups excluding carboxylic acids is 1. The van der Waals surface area contributed by atoms with Gasteiger partial charge < -0.3 is 14.8 Å². The van der Waals surface area contributed by atoms with Crippen molar-refractivity contribution in [1.29, 1.82) is 0 Å². The fourth-order valence-electron chi connectivity index (χ4n) is 4.05. The summed E-state index contributed by atoms with van der Waals surface area (Å²) in [5, 5.41) is 19.1. The number of rotatable bonds is 12. The molecule has 42 heavy (non-hydrogen) atoms. The number of benzene rings is 3. The predicted octanol–water partition coefficient (Wildman–Crippen LogP) is 5.85. The molecule has 0 saturated carbocycles. The number of nitrogens with zero attached hydrogens (tertiary/aromatic N) is 4. The minimum atomic E-state index is -0.725. The molecule has 0 bridgehead atoms. The van der Waals surface area contributed by atoms with E-state index in [2.05, 4.69) is 31.3 Å². The topological polar surface area (TPSA) is 138 Å². The molecule has 4 aromatic rings. The van der Waals surface area contributed by atoms with Gasteiger partial charge >= 0.3 is 5.69 Å². The second-order valence-electron chi connectivity index (χ2n) is 9.03. The van der Waals surface area contributed by atoms with E-state index in [1.54, 1.807) is 31.2 Å². The monoisotopic (exact) mass is 639 g/mol. The number of aromatic nitrogens is 2. The van der Waals surface area contributed by atoms with E-state index >= 15 is 0 Å². The number of fused-ring (bicyclic) bond motifs is 1. The van der Waals surface area contributed by atoms with Crippen LogP contribution in [0.25, 0.3) is 10.9 Å². The molecule has 0 aliphatic carbocycles. The molecular weight excluding hydrogens is 613 g/mol. The van der Waals surface area contributed by atoms with Crippen molar-refractivity contribution in [3.05, 3.63) is 96.7 Å². The number of nitro benzene ring substituents is 1. The number of para-hydroxylation sites is 1. The highest BCUT2D eigenvalue weighted by atomic mass is 79.9. The van der Waals surface area contributed by atoms with Crippen molar-refractivity contribution in [2.75, 3.05) is 18.5 Å². The SMILES string of the molecule is CCCCc1nc2ccc(Br)cc2c(=O)n1N=Cc1cc(OCC)c(OCC(=O)Nc2ccccc2F)c([N+](=O)[O-])c1. The lowest BCUT2D eigenvalue weighted by Crippen LogP contribution is -2.22. The number of aryl methyl sites for hydroxylation is 1. The standard InChI is InChI=1S/C29H27BrFN5O6/c1-3-5-10-26-33-22-12-11-19(30)15-20(22)29(38)35(26)32-16-18-13-24(36(39)40)28(25(14-18)41-4-2)42-17-27(37)34-23-9-7-6-8-21(23)31/h6-9,11-16H,3-5,10,17H2,1-2H3,(H,34,37). The highest BCUT2D eigenvalue weighted by Gasteiger charge is 2.24. The normalized spacial score (nSPS) is 11.1. The van der Waals surface area contributed by atoms with Crippen LogP contribution < -0.4 is 20.3 Å². The van der Waals surface area contributed by atoms with E-state index < -0.39 is 28.9 Å². The minimum absolute atomic E-state index is 0.00837. The van der Waals surface area contributed by atoms with Crippen molar-refractivity contribution in [3.63, 3.8) is 0 Å². The second kappa shape index (κ2) is 13.8. The Morgan fingerprint density at radius 3 is 2.69 bits per heavy atom. The zero-order chi connectivity index (χ0) is 30.2. The van der Waals surface area contributed by atoms with Crippen molar-refractivity contribution in [1.82, 2.24) is 9.66 Å². The van der Waals surface area contributed by atoms with Crippen molar-refractivity contribution in [3.8, 4) is 11.5 Å². The van der Waals surface area contributed by atoms with Gasteiger partial charge in [-0.2, -0.15) is 9.78 Å². The largest absolute Gasteiger partial charge is 0.490 e. The molecule has 3 aromatic carbocycles. The second-order valence-corrected chi connectivity index (χ2v) is 9.94. The summed E-state index contributed by atoms with van der Waals surface area (Å²) in [6.45, 7) is 3.20. The first-order valence-corrected chi connectivity index (χ1v) is 13.9. The van der Waals surface area contributed by atoms with Gasteiger partial charge in [-0.05, 0) is 49.7 Å². The third-order valence-corrected chi connectivity index (χ3v) is 6.49. The molecule has 218 valence electrons. The van der Waals surface area contributed by atoms with Gasteiger partial charge in [0, 0.05) is 22.5 Å². The Hall–Kier alpha value is -4.65. The van der Waals surface area contributed by atoms with E-state index in [-0.39, 0.29) is 34.9 Å². The maximum absolute atomic E-state index is 13.9. The van der Waals surface area contributed by atoms with Gasteiger partial charge in [-0.3, -0.25) is 19.7 Å². The van der Waals surface area contributed by atoms with Crippen LogP contribution in [-0.2, 0) is 11.2 Å². The summed E-state index contributed by atoms with van der Waals surface area (Å²) < 4.78 is 26.9. The zero-order valence-electron chi connectivity index (χ0n) is 22.8. The molecule has 0 saturated heterocycles. The Bertz CT molecular complexity index is 1730.